The van der Waals surface area contributed by atoms with Gasteiger partial charge in [0.05, 0.1) is 6.07 Å². The maximum atomic E-state index is 12.8. The van der Waals surface area contributed by atoms with Crippen LogP contribution in [0, 0.1) is 17.1 Å². The van der Waals surface area contributed by atoms with E-state index in [0.29, 0.717) is 6.54 Å². The van der Waals surface area contributed by atoms with Crippen molar-refractivity contribution in [2.45, 2.75) is 31.8 Å². The Morgan fingerprint density at radius 3 is 2.47 bits per heavy atom. The lowest BCUT2D eigenvalue weighted by atomic mass is 9.88. The maximum Gasteiger partial charge on any atom is 0.123 e. The fraction of sp³-hybridized carbons (Fsp3) is 0.533. The minimum absolute atomic E-state index is 0.227. The van der Waals surface area contributed by atoms with Gasteiger partial charge in [-0.3, -0.25) is 5.32 Å². The van der Waals surface area contributed by atoms with Crippen LogP contribution in [-0.2, 0) is 6.54 Å². The zero-order chi connectivity index (χ0) is 13.7. The van der Waals surface area contributed by atoms with Gasteiger partial charge in [-0.05, 0) is 37.1 Å². The number of piperidine rings is 1. The molecule has 4 heteroatoms. The monoisotopic (exact) mass is 261 g/mol. The van der Waals surface area contributed by atoms with Crippen LogP contribution in [-0.4, -0.2) is 30.1 Å². The van der Waals surface area contributed by atoms with Crippen LogP contribution in [0.5, 0.6) is 0 Å². The number of hydrogen-bond donors (Lipinski definition) is 1. The summed E-state index contributed by atoms with van der Waals surface area (Å²) >= 11 is 0. The van der Waals surface area contributed by atoms with Crippen molar-refractivity contribution in [1.82, 2.24) is 10.2 Å². The third kappa shape index (κ3) is 3.52. The van der Waals surface area contributed by atoms with Crippen LogP contribution in [0.15, 0.2) is 24.3 Å². The Bertz CT molecular complexity index is 441. The molecule has 3 nitrogen and oxygen atoms in total. The lowest BCUT2D eigenvalue weighted by Gasteiger charge is -2.37. The van der Waals surface area contributed by atoms with Gasteiger partial charge < -0.3 is 4.90 Å². The van der Waals surface area contributed by atoms with Crippen LogP contribution in [0.2, 0.25) is 0 Å². The summed E-state index contributed by atoms with van der Waals surface area (Å²) in [6.07, 6.45) is 1.69. The second kappa shape index (κ2) is 6.14. The standard InChI is InChI=1S/C15H20FN3/c1-2-19-9-7-15(12-17,8-10-19)18-11-13-3-5-14(16)6-4-13/h3-6,18H,2,7-11H2,1H3. The first-order valence-electron chi connectivity index (χ1n) is 6.80. The lowest BCUT2D eigenvalue weighted by molar-refractivity contribution is 0.172. The van der Waals surface area contributed by atoms with E-state index in [2.05, 4.69) is 23.2 Å². The second-order valence-electron chi connectivity index (χ2n) is 5.11. The van der Waals surface area contributed by atoms with Gasteiger partial charge in [-0.15, -0.1) is 0 Å². The van der Waals surface area contributed by atoms with E-state index < -0.39 is 5.54 Å². The molecule has 0 radical (unpaired) electrons. The molecule has 0 aliphatic carbocycles. The van der Waals surface area contributed by atoms with Gasteiger partial charge in [0.25, 0.3) is 0 Å². The highest BCUT2D eigenvalue weighted by molar-refractivity contribution is 5.18. The topological polar surface area (TPSA) is 39.1 Å². The van der Waals surface area contributed by atoms with E-state index >= 15 is 0 Å². The summed E-state index contributed by atoms with van der Waals surface area (Å²) in [5.41, 5.74) is 0.578. The van der Waals surface area contributed by atoms with E-state index in [0.717, 1.165) is 38.0 Å². The molecule has 1 heterocycles. The number of likely N-dealkylation sites (tertiary alicyclic amines) is 1. The van der Waals surface area contributed by atoms with Crippen LogP contribution < -0.4 is 5.32 Å². The summed E-state index contributed by atoms with van der Waals surface area (Å²) < 4.78 is 12.8. The first kappa shape index (κ1) is 14.0. The Morgan fingerprint density at radius 2 is 1.95 bits per heavy atom. The van der Waals surface area contributed by atoms with Gasteiger partial charge >= 0.3 is 0 Å². The van der Waals surface area contributed by atoms with Crippen molar-refractivity contribution in [2.24, 2.45) is 0 Å². The quantitative estimate of drug-likeness (QED) is 0.904. The lowest BCUT2D eigenvalue weighted by Crippen LogP contribution is -2.52. The van der Waals surface area contributed by atoms with Crippen LogP contribution in [0.25, 0.3) is 0 Å². The van der Waals surface area contributed by atoms with Gasteiger partial charge in [-0.25, -0.2) is 4.39 Å². The Hall–Kier alpha value is -1.44. The van der Waals surface area contributed by atoms with Crippen molar-refractivity contribution >= 4 is 0 Å². The summed E-state index contributed by atoms with van der Waals surface area (Å²) in [4.78, 5) is 2.36. The average molecular weight is 261 g/mol. The molecule has 2 rings (SSSR count). The summed E-state index contributed by atoms with van der Waals surface area (Å²) in [6.45, 7) is 5.71. The third-order valence-corrected chi connectivity index (χ3v) is 3.92. The van der Waals surface area contributed by atoms with Gasteiger partial charge in [-0.2, -0.15) is 5.26 Å². The minimum Gasteiger partial charge on any atom is -0.303 e. The molecule has 102 valence electrons. The number of nitrogens with zero attached hydrogens (tertiary/aromatic N) is 2. The molecule has 1 aliphatic heterocycles. The molecule has 0 saturated carbocycles. The number of halogens is 1. The zero-order valence-corrected chi connectivity index (χ0v) is 11.3. The minimum atomic E-state index is -0.430. The Balaban J connectivity index is 1.93. The Morgan fingerprint density at radius 1 is 1.32 bits per heavy atom. The van der Waals surface area contributed by atoms with E-state index in [9.17, 15) is 9.65 Å². The van der Waals surface area contributed by atoms with Crippen LogP contribution >= 0.6 is 0 Å². The predicted molar refractivity (Wildman–Crippen MR) is 72.9 cm³/mol. The van der Waals surface area contributed by atoms with Gasteiger partial charge in [0.2, 0.25) is 0 Å². The molecule has 0 spiro atoms. The normalized spacial score (nSPS) is 19.0. The van der Waals surface area contributed by atoms with E-state index in [1.54, 1.807) is 12.1 Å². The van der Waals surface area contributed by atoms with Gasteiger partial charge in [0.1, 0.15) is 11.4 Å². The summed E-state index contributed by atoms with van der Waals surface area (Å²) in [6, 6.07) is 8.86. The largest absolute Gasteiger partial charge is 0.303 e. The van der Waals surface area contributed by atoms with Crippen molar-refractivity contribution in [3.05, 3.63) is 35.6 Å². The number of nitrogens with one attached hydrogen (secondary N) is 1. The average Bonchev–Trinajstić information content (AvgIpc) is 2.47. The van der Waals surface area contributed by atoms with Gasteiger partial charge in [-0.1, -0.05) is 19.1 Å². The Labute approximate surface area is 114 Å². The molecule has 0 aromatic heterocycles. The zero-order valence-electron chi connectivity index (χ0n) is 11.3. The second-order valence-corrected chi connectivity index (χ2v) is 5.11. The predicted octanol–water partition coefficient (Wildman–Crippen LogP) is 2.29. The van der Waals surface area contributed by atoms with Crippen molar-refractivity contribution in [3.63, 3.8) is 0 Å². The van der Waals surface area contributed by atoms with E-state index in [-0.39, 0.29) is 5.82 Å². The molecule has 0 unspecified atom stereocenters. The van der Waals surface area contributed by atoms with Gasteiger partial charge in [0, 0.05) is 19.6 Å². The number of nitriles is 1. The fourth-order valence-corrected chi connectivity index (χ4v) is 2.45. The molecule has 1 N–H and O–H groups in total. The number of rotatable bonds is 4. The van der Waals surface area contributed by atoms with E-state index in [4.69, 9.17) is 0 Å². The highest BCUT2D eigenvalue weighted by atomic mass is 19.1. The molecule has 0 bridgehead atoms. The van der Waals surface area contributed by atoms with Crippen molar-refractivity contribution in [3.8, 4) is 6.07 Å². The molecular weight excluding hydrogens is 241 g/mol. The first-order valence-corrected chi connectivity index (χ1v) is 6.80. The van der Waals surface area contributed by atoms with Crippen molar-refractivity contribution < 1.29 is 4.39 Å². The van der Waals surface area contributed by atoms with E-state index in [1.165, 1.54) is 12.1 Å². The summed E-state index contributed by atoms with van der Waals surface area (Å²) in [5, 5.41) is 12.8. The molecular formula is C15H20FN3. The molecule has 0 atom stereocenters. The van der Waals surface area contributed by atoms with E-state index in [1.807, 2.05) is 0 Å². The third-order valence-electron chi connectivity index (χ3n) is 3.92. The Kier molecular flexibility index (Phi) is 4.52. The molecule has 1 aliphatic rings. The first-order chi connectivity index (χ1) is 9.17. The number of hydrogen-bond acceptors (Lipinski definition) is 3. The summed E-state index contributed by atoms with van der Waals surface area (Å²) in [7, 11) is 0. The molecule has 0 amide bonds. The fourth-order valence-electron chi connectivity index (χ4n) is 2.45. The molecule has 19 heavy (non-hydrogen) atoms. The molecule has 1 aromatic carbocycles. The highest BCUT2D eigenvalue weighted by Crippen LogP contribution is 2.22. The SMILES string of the molecule is CCN1CCC(C#N)(NCc2ccc(F)cc2)CC1. The number of benzene rings is 1. The van der Waals surface area contributed by atoms with Crippen molar-refractivity contribution in [2.75, 3.05) is 19.6 Å². The smallest absolute Gasteiger partial charge is 0.123 e. The van der Waals surface area contributed by atoms with Crippen molar-refractivity contribution in [1.29, 1.82) is 5.26 Å². The maximum absolute atomic E-state index is 12.8. The molecule has 1 aromatic rings. The molecule has 1 fully saturated rings. The highest BCUT2D eigenvalue weighted by Gasteiger charge is 2.33. The van der Waals surface area contributed by atoms with Crippen LogP contribution in [0.3, 0.4) is 0 Å². The van der Waals surface area contributed by atoms with Crippen LogP contribution in [0.1, 0.15) is 25.3 Å². The van der Waals surface area contributed by atoms with Crippen LogP contribution in [0.4, 0.5) is 4.39 Å². The van der Waals surface area contributed by atoms with Gasteiger partial charge in [0.15, 0.2) is 0 Å². The molecule has 1 saturated heterocycles. The summed E-state index contributed by atoms with van der Waals surface area (Å²) in [5.74, 6) is -0.227.